The van der Waals surface area contributed by atoms with Crippen LogP contribution in [-0.2, 0) is 4.74 Å². The van der Waals surface area contributed by atoms with Crippen molar-refractivity contribution in [1.29, 1.82) is 0 Å². The predicted octanol–water partition coefficient (Wildman–Crippen LogP) is 2.69. The van der Waals surface area contributed by atoms with E-state index in [9.17, 15) is 0 Å². The summed E-state index contributed by atoms with van der Waals surface area (Å²) in [5.41, 5.74) is 8.89. The molecule has 19 heavy (non-hydrogen) atoms. The van der Waals surface area contributed by atoms with E-state index in [1.165, 1.54) is 17.7 Å². The first-order valence-electron chi connectivity index (χ1n) is 7.08. The first-order valence-corrected chi connectivity index (χ1v) is 8.24. The van der Waals surface area contributed by atoms with Gasteiger partial charge < -0.3 is 10.5 Å². The van der Waals surface area contributed by atoms with Gasteiger partial charge in [-0.2, -0.15) is 11.8 Å². The number of ether oxygens (including phenoxy) is 1. The normalized spacial score (nSPS) is 32.6. The smallest absolute Gasteiger partial charge is 0.0783 e. The van der Waals surface area contributed by atoms with Crippen LogP contribution in [0, 0.1) is 12.8 Å². The zero-order chi connectivity index (χ0) is 13.3. The Morgan fingerprint density at radius 2 is 2.47 bits per heavy atom. The minimum atomic E-state index is 0.118. The molecule has 1 spiro atoms. The Hall–Kier alpha value is -0.580. The van der Waals surface area contributed by atoms with Gasteiger partial charge in [-0.15, -0.1) is 0 Å². The molecule has 0 bridgehead atoms. The van der Waals surface area contributed by atoms with Crippen molar-refractivity contribution in [2.75, 3.05) is 18.1 Å². The van der Waals surface area contributed by atoms with Gasteiger partial charge in [0.25, 0.3) is 0 Å². The lowest BCUT2D eigenvalue weighted by atomic mass is 9.79. The van der Waals surface area contributed by atoms with Crippen LogP contribution in [0.2, 0.25) is 0 Å². The van der Waals surface area contributed by atoms with Crippen LogP contribution >= 0.6 is 11.8 Å². The van der Waals surface area contributed by atoms with E-state index in [1.807, 2.05) is 24.9 Å². The molecule has 2 fully saturated rings. The lowest BCUT2D eigenvalue weighted by Gasteiger charge is -2.40. The summed E-state index contributed by atoms with van der Waals surface area (Å²) in [4.78, 5) is 4.25. The fourth-order valence-electron chi connectivity index (χ4n) is 3.28. The molecule has 0 amide bonds. The number of aryl methyl sites for hydroxylation is 1. The Morgan fingerprint density at radius 1 is 1.58 bits per heavy atom. The van der Waals surface area contributed by atoms with Gasteiger partial charge in [0.1, 0.15) is 0 Å². The molecule has 0 saturated carbocycles. The van der Waals surface area contributed by atoms with Crippen LogP contribution in [-0.4, -0.2) is 28.7 Å². The Balaban J connectivity index is 1.74. The van der Waals surface area contributed by atoms with Crippen LogP contribution in [0.4, 0.5) is 0 Å². The maximum absolute atomic E-state index is 6.50. The fourth-order valence-corrected chi connectivity index (χ4v) is 4.66. The van der Waals surface area contributed by atoms with E-state index in [-0.39, 0.29) is 11.6 Å². The number of nitrogens with zero attached hydrogens (tertiary/aromatic N) is 1. The molecule has 1 aromatic rings. The van der Waals surface area contributed by atoms with Crippen molar-refractivity contribution in [3.63, 3.8) is 0 Å². The van der Waals surface area contributed by atoms with Crippen LogP contribution in [0.15, 0.2) is 18.3 Å². The average Bonchev–Trinajstić information content (AvgIpc) is 2.86. The van der Waals surface area contributed by atoms with Crippen molar-refractivity contribution in [2.24, 2.45) is 11.7 Å². The average molecular weight is 278 g/mol. The highest BCUT2D eigenvalue weighted by Crippen LogP contribution is 2.43. The molecular weight excluding hydrogens is 256 g/mol. The zero-order valence-corrected chi connectivity index (χ0v) is 12.3. The number of hydrogen-bond donors (Lipinski definition) is 1. The molecule has 3 rings (SSSR count). The van der Waals surface area contributed by atoms with Crippen molar-refractivity contribution in [1.82, 2.24) is 4.98 Å². The fraction of sp³-hybridized carbons (Fsp3) is 0.667. The Labute approximate surface area is 119 Å². The number of rotatable bonds is 2. The minimum Gasteiger partial charge on any atom is -0.374 e. The second kappa shape index (κ2) is 5.43. The molecule has 3 unspecified atom stereocenters. The summed E-state index contributed by atoms with van der Waals surface area (Å²) in [6, 6.07) is 4.30. The first kappa shape index (κ1) is 13.4. The van der Waals surface area contributed by atoms with Crippen LogP contribution in [0.25, 0.3) is 0 Å². The molecule has 2 N–H and O–H groups in total. The van der Waals surface area contributed by atoms with E-state index in [0.717, 1.165) is 30.9 Å². The topological polar surface area (TPSA) is 48.1 Å². The standard InChI is InChI=1S/C15H22N2OS/c1-11-8-12(2-5-17-11)14(16)13-3-6-18-15(9-13)4-7-19-10-15/h2,5,8,13-14H,3-4,6-7,9-10,16H2,1H3. The van der Waals surface area contributed by atoms with Crippen molar-refractivity contribution in [2.45, 2.75) is 37.8 Å². The SMILES string of the molecule is Cc1cc(C(N)C2CCOC3(CCSC3)C2)ccn1. The van der Waals surface area contributed by atoms with Gasteiger partial charge in [0.15, 0.2) is 0 Å². The van der Waals surface area contributed by atoms with E-state index in [0.29, 0.717) is 5.92 Å². The Kier molecular flexibility index (Phi) is 3.83. The quantitative estimate of drug-likeness (QED) is 0.903. The van der Waals surface area contributed by atoms with Crippen LogP contribution in [0.5, 0.6) is 0 Å². The zero-order valence-electron chi connectivity index (χ0n) is 11.5. The number of aromatic nitrogens is 1. The molecule has 2 aliphatic heterocycles. The van der Waals surface area contributed by atoms with Gasteiger partial charge in [0.05, 0.1) is 5.60 Å². The monoisotopic (exact) mass is 278 g/mol. The maximum atomic E-state index is 6.50. The van der Waals surface area contributed by atoms with Crippen LogP contribution < -0.4 is 5.73 Å². The van der Waals surface area contributed by atoms with Gasteiger partial charge in [0.2, 0.25) is 0 Å². The highest BCUT2D eigenvalue weighted by Gasteiger charge is 2.42. The molecule has 2 aliphatic rings. The highest BCUT2D eigenvalue weighted by molar-refractivity contribution is 7.99. The first-order chi connectivity index (χ1) is 9.19. The molecule has 104 valence electrons. The van der Waals surface area contributed by atoms with E-state index in [2.05, 4.69) is 17.1 Å². The van der Waals surface area contributed by atoms with Crippen LogP contribution in [0.1, 0.15) is 36.6 Å². The second-order valence-electron chi connectivity index (χ2n) is 5.84. The molecule has 0 aromatic carbocycles. The number of hydrogen-bond acceptors (Lipinski definition) is 4. The summed E-state index contributed by atoms with van der Waals surface area (Å²) >= 11 is 2.02. The van der Waals surface area contributed by atoms with Gasteiger partial charge in [-0.05, 0) is 55.6 Å². The third-order valence-electron chi connectivity index (χ3n) is 4.41. The summed E-state index contributed by atoms with van der Waals surface area (Å²) in [5.74, 6) is 2.91. The third-order valence-corrected chi connectivity index (χ3v) is 5.63. The molecule has 4 heteroatoms. The van der Waals surface area contributed by atoms with Crippen molar-refractivity contribution >= 4 is 11.8 Å². The van der Waals surface area contributed by atoms with Gasteiger partial charge in [-0.3, -0.25) is 4.98 Å². The van der Waals surface area contributed by atoms with Gasteiger partial charge >= 0.3 is 0 Å². The van der Waals surface area contributed by atoms with Gasteiger partial charge in [-0.1, -0.05) is 0 Å². The minimum absolute atomic E-state index is 0.118. The molecule has 0 aliphatic carbocycles. The molecule has 2 saturated heterocycles. The summed E-state index contributed by atoms with van der Waals surface area (Å²) in [6.45, 7) is 2.89. The number of thioether (sulfide) groups is 1. The van der Waals surface area contributed by atoms with E-state index in [4.69, 9.17) is 10.5 Å². The van der Waals surface area contributed by atoms with Gasteiger partial charge in [0, 0.05) is 30.3 Å². The highest BCUT2D eigenvalue weighted by atomic mass is 32.2. The third kappa shape index (κ3) is 2.81. The van der Waals surface area contributed by atoms with Crippen molar-refractivity contribution in [3.05, 3.63) is 29.6 Å². The molecule has 3 nitrogen and oxygen atoms in total. The molecule has 3 atom stereocenters. The summed E-state index contributed by atoms with van der Waals surface area (Å²) in [6.07, 6.45) is 5.25. The Morgan fingerprint density at radius 3 is 3.21 bits per heavy atom. The van der Waals surface area contributed by atoms with Crippen molar-refractivity contribution in [3.8, 4) is 0 Å². The van der Waals surface area contributed by atoms with Crippen molar-refractivity contribution < 1.29 is 4.74 Å². The lowest BCUT2D eigenvalue weighted by molar-refractivity contribution is -0.0834. The van der Waals surface area contributed by atoms with E-state index < -0.39 is 0 Å². The Bertz CT molecular complexity index is 446. The summed E-state index contributed by atoms with van der Waals surface area (Å²) < 4.78 is 6.08. The predicted molar refractivity (Wildman–Crippen MR) is 79.3 cm³/mol. The molecule has 3 heterocycles. The number of nitrogens with two attached hydrogens (primary N) is 1. The lowest BCUT2D eigenvalue weighted by Crippen LogP contribution is -2.42. The van der Waals surface area contributed by atoms with Crippen LogP contribution in [0.3, 0.4) is 0 Å². The summed E-state index contributed by atoms with van der Waals surface area (Å²) in [7, 11) is 0. The largest absolute Gasteiger partial charge is 0.374 e. The summed E-state index contributed by atoms with van der Waals surface area (Å²) in [5, 5.41) is 0. The molecular formula is C15H22N2OS. The molecule has 1 aromatic heterocycles. The van der Waals surface area contributed by atoms with E-state index in [1.54, 1.807) is 0 Å². The van der Waals surface area contributed by atoms with Gasteiger partial charge in [-0.25, -0.2) is 0 Å². The van der Waals surface area contributed by atoms with E-state index >= 15 is 0 Å². The number of pyridine rings is 1. The maximum Gasteiger partial charge on any atom is 0.0783 e. The second-order valence-corrected chi connectivity index (χ2v) is 6.95. The molecule has 0 radical (unpaired) electrons.